The van der Waals surface area contributed by atoms with E-state index in [9.17, 15) is 14.7 Å². The van der Waals surface area contributed by atoms with Gasteiger partial charge in [0.1, 0.15) is 6.61 Å². The molecule has 1 aliphatic rings. The lowest BCUT2D eigenvalue weighted by Crippen LogP contribution is -2.49. The number of amides is 1. The van der Waals surface area contributed by atoms with Gasteiger partial charge in [0.05, 0.1) is 5.54 Å². The molecule has 84 valence electrons. The van der Waals surface area contributed by atoms with E-state index in [1.807, 2.05) is 0 Å². The zero-order valence-electron chi connectivity index (χ0n) is 8.10. The normalized spacial score (nSPS) is 18.7. The standard InChI is InChI=1S/C9H13NO5/c1-2-5-15-8(14)10-9(3-4-9)6(11)7(12)13/h2,6,11H,1,3-5H2,(H,10,14)(H,12,13). The second kappa shape index (κ2) is 4.31. The number of aliphatic carboxylic acids is 1. The molecule has 0 aliphatic heterocycles. The second-order valence-corrected chi connectivity index (χ2v) is 3.41. The van der Waals surface area contributed by atoms with E-state index in [1.165, 1.54) is 6.08 Å². The van der Waals surface area contributed by atoms with E-state index in [1.54, 1.807) is 0 Å². The smallest absolute Gasteiger partial charge is 0.407 e. The van der Waals surface area contributed by atoms with Crippen molar-refractivity contribution in [3.8, 4) is 0 Å². The van der Waals surface area contributed by atoms with Gasteiger partial charge in [0.15, 0.2) is 6.10 Å². The quantitative estimate of drug-likeness (QED) is 0.555. The summed E-state index contributed by atoms with van der Waals surface area (Å²) in [5.74, 6) is -1.35. The third-order valence-corrected chi connectivity index (χ3v) is 2.23. The van der Waals surface area contributed by atoms with Crippen molar-refractivity contribution in [3.05, 3.63) is 12.7 Å². The van der Waals surface area contributed by atoms with Crippen molar-refractivity contribution in [1.82, 2.24) is 5.32 Å². The lowest BCUT2D eigenvalue weighted by Gasteiger charge is -2.19. The van der Waals surface area contributed by atoms with Crippen molar-refractivity contribution in [3.63, 3.8) is 0 Å². The number of carboxylic acid groups (broad SMARTS) is 1. The fourth-order valence-electron chi connectivity index (χ4n) is 1.21. The average molecular weight is 215 g/mol. The number of ether oxygens (including phenoxy) is 1. The van der Waals surface area contributed by atoms with Gasteiger partial charge < -0.3 is 20.3 Å². The maximum absolute atomic E-state index is 11.1. The summed E-state index contributed by atoms with van der Waals surface area (Å²) in [7, 11) is 0. The number of aliphatic hydroxyl groups is 1. The topological polar surface area (TPSA) is 95.9 Å². The van der Waals surface area contributed by atoms with Gasteiger partial charge in [-0.2, -0.15) is 0 Å². The van der Waals surface area contributed by atoms with Crippen LogP contribution in [0.5, 0.6) is 0 Å². The summed E-state index contributed by atoms with van der Waals surface area (Å²) in [6.45, 7) is 3.41. The third kappa shape index (κ3) is 2.69. The van der Waals surface area contributed by atoms with Crippen LogP contribution in [0.15, 0.2) is 12.7 Å². The fraction of sp³-hybridized carbons (Fsp3) is 0.556. The van der Waals surface area contributed by atoms with E-state index >= 15 is 0 Å². The molecule has 1 amide bonds. The van der Waals surface area contributed by atoms with Gasteiger partial charge in [0.2, 0.25) is 0 Å². The predicted molar refractivity (Wildman–Crippen MR) is 50.3 cm³/mol. The molecule has 6 nitrogen and oxygen atoms in total. The van der Waals surface area contributed by atoms with Gasteiger partial charge >= 0.3 is 12.1 Å². The summed E-state index contributed by atoms with van der Waals surface area (Å²) in [5.41, 5.74) is -1.05. The number of carboxylic acids is 1. The van der Waals surface area contributed by atoms with Crippen LogP contribution in [0, 0.1) is 0 Å². The molecule has 0 saturated heterocycles. The molecule has 0 spiro atoms. The first-order valence-corrected chi connectivity index (χ1v) is 4.48. The van der Waals surface area contributed by atoms with E-state index in [0.717, 1.165) is 0 Å². The summed E-state index contributed by atoms with van der Waals surface area (Å²) in [4.78, 5) is 21.6. The third-order valence-electron chi connectivity index (χ3n) is 2.23. The van der Waals surface area contributed by atoms with Gasteiger partial charge in [-0.1, -0.05) is 12.7 Å². The van der Waals surface area contributed by atoms with Crippen LogP contribution >= 0.6 is 0 Å². The van der Waals surface area contributed by atoms with Crippen molar-refractivity contribution < 1.29 is 24.5 Å². The zero-order valence-corrected chi connectivity index (χ0v) is 8.10. The lowest BCUT2D eigenvalue weighted by molar-refractivity contribution is -0.148. The molecule has 6 heteroatoms. The molecule has 1 unspecified atom stereocenters. The Morgan fingerprint density at radius 3 is 2.60 bits per heavy atom. The summed E-state index contributed by atoms with van der Waals surface area (Å²) >= 11 is 0. The number of aliphatic hydroxyl groups excluding tert-OH is 1. The first-order valence-electron chi connectivity index (χ1n) is 4.48. The van der Waals surface area contributed by atoms with Crippen LogP contribution in [0.25, 0.3) is 0 Å². The minimum absolute atomic E-state index is 0.0467. The van der Waals surface area contributed by atoms with Crippen molar-refractivity contribution in [2.75, 3.05) is 6.61 Å². The Labute approximate surface area is 86.5 Å². The van der Waals surface area contributed by atoms with Crippen molar-refractivity contribution in [2.45, 2.75) is 24.5 Å². The average Bonchev–Trinajstić information content (AvgIpc) is 2.94. The molecule has 1 atom stereocenters. The fourth-order valence-corrected chi connectivity index (χ4v) is 1.21. The van der Waals surface area contributed by atoms with E-state index in [0.29, 0.717) is 12.8 Å². The molecule has 1 aliphatic carbocycles. The summed E-state index contributed by atoms with van der Waals surface area (Å²) < 4.78 is 4.62. The van der Waals surface area contributed by atoms with Crippen molar-refractivity contribution in [2.24, 2.45) is 0 Å². The Hall–Kier alpha value is -1.56. The Balaban J connectivity index is 2.46. The summed E-state index contributed by atoms with van der Waals surface area (Å²) in [6, 6.07) is 0. The SMILES string of the molecule is C=CCOC(=O)NC1(C(O)C(=O)O)CC1. The summed E-state index contributed by atoms with van der Waals surface area (Å²) in [5, 5.41) is 20.2. The number of rotatable bonds is 5. The van der Waals surface area contributed by atoms with Crippen LogP contribution in [-0.4, -0.2) is 40.5 Å². The highest BCUT2D eigenvalue weighted by Gasteiger charge is 2.53. The van der Waals surface area contributed by atoms with E-state index in [-0.39, 0.29) is 6.61 Å². The molecule has 0 aromatic carbocycles. The molecule has 1 saturated carbocycles. The molecule has 0 aromatic heterocycles. The van der Waals surface area contributed by atoms with Gasteiger partial charge in [-0.25, -0.2) is 9.59 Å². The molecule has 0 heterocycles. The lowest BCUT2D eigenvalue weighted by atomic mass is 10.1. The molecular weight excluding hydrogens is 202 g/mol. The number of carbonyl (C=O) groups is 2. The van der Waals surface area contributed by atoms with E-state index < -0.39 is 23.7 Å². The second-order valence-electron chi connectivity index (χ2n) is 3.41. The Bertz CT molecular complexity index is 284. The van der Waals surface area contributed by atoms with Crippen molar-refractivity contribution >= 4 is 12.1 Å². The molecule has 1 fully saturated rings. The van der Waals surface area contributed by atoms with Crippen LogP contribution < -0.4 is 5.32 Å². The van der Waals surface area contributed by atoms with Crippen LogP contribution in [0.2, 0.25) is 0 Å². The molecule has 0 aromatic rings. The largest absolute Gasteiger partial charge is 0.479 e. The van der Waals surface area contributed by atoms with Crippen LogP contribution in [0.1, 0.15) is 12.8 Å². The highest BCUT2D eigenvalue weighted by molar-refractivity contribution is 5.77. The Morgan fingerprint density at radius 2 is 2.20 bits per heavy atom. The van der Waals surface area contributed by atoms with Gasteiger partial charge in [-0.05, 0) is 12.8 Å². The minimum atomic E-state index is -1.59. The minimum Gasteiger partial charge on any atom is -0.479 e. The van der Waals surface area contributed by atoms with Crippen LogP contribution in [0.3, 0.4) is 0 Å². The van der Waals surface area contributed by atoms with Crippen LogP contribution in [0.4, 0.5) is 4.79 Å². The molecular formula is C9H13NO5. The van der Waals surface area contributed by atoms with Crippen LogP contribution in [-0.2, 0) is 9.53 Å². The van der Waals surface area contributed by atoms with E-state index in [4.69, 9.17) is 5.11 Å². The molecule has 1 rings (SSSR count). The first-order chi connectivity index (χ1) is 7.02. The number of hydrogen-bond donors (Lipinski definition) is 3. The zero-order chi connectivity index (χ0) is 11.5. The highest BCUT2D eigenvalue weighted by atomic mass is 16.5. The van der Waals surface area contributed by atoms with Crippen molar-refractivity contribution in [1.29, 1.82) is 0 Å². The van der Waals surface area contributed by atoms with Gasteiger partial charge in [-0.15, -0.1) is 0 Å². The van der Waals surface area contributed by atoms with Gasteiger partial charge in [0, 0.05) is 0 Å². The molecule has 0 radical (unpaired) electrons. The maximum atomic E-state index is 11.1. The molecule has 15 heavy (non-hydrogen) atoms. The Morgan fingerprint density at radius 1 is 1.60 bits per heavy atom. The number of hydrogen-bond acceptors (Lipinski definition) is 4. The summed E-state index contributed by atoms with van der Waals surface area (Å²) in [6.07, 6.45) is -0.0680. The number of alkyl carbamates (subject to hydrolysis) is 1. The highest BCUT2D eigenvalue weighted by Crippen LogP contribution is 2.38. The predicted octanol–water partition coefficient (Wildman–Crippen LogP) is -0.123. The Kier molecular flexibility index (Phi) is 3.31. The number of nitrogens with one attached hydrogen (secondary N) is 1. The monoisotopic (exact) mass is 215 g/mol. The van der Waals surface area contributed by atoms with Gasteiger partial charge in [-0.3, -0.25) is 0 Å². The van der Waals surface area contributed by atoms with Gasteiger partial charge in [0.25, 0.3) is 0 Å². The molecule has 3 N–H and O–H groups in total. The maximum Gasteiger partial charge on any atom is 0.407 e. The molecule has 0 bridgehead atoms. The first kappa shape index (κ1) is 11.5. The number of carbonyl (C=O) groups excluding carboxylic acids is 1. The van der Waals surface area contributed by atoms with E-state index in [2.05, 4.69) is 16.6 Å².